The van der Waals surface area contributed by atoms with Crippen molar-refractivity contribution >= 4 is 34.9 Å². The first-order valence-electron chi connectivity index (χ1n) is 11.7. The van der Waals surface area contributed by atoms with Crippen LogP contribution in [0.1, 0.15) is 44.1 Å². The molecule has 1 unspecified atom stereocenters. The molecule has 182 valence electrons. The third kappa shape index (κ3) is 9.89. The minimum Gasteiger partial charge on any atom is -0.491 e. The molecule has 1 saturated heterocycles. The summed E-state index contributed by atoms with van der Waals surface area (Å²) < 4.78 is 16.5. The van der Waals surface area contributed by atoms with Crippen LogP contribution in [0, 0.1) is 0 Å². The first kappa shape index (κ1) is 25.6. The predicted octanol–water partition coefficient (Wildman–Crippen LogP) is 4.40. The van der Waals surface area contributed by atoms with Crippen molar-refractivity contribution in [2.45, 2.75) is 51.0 Å². The van der Waals surface area contributed by atoms with E-state index in [0.29, 0.717) is 19.6 Å². The minimum atomic E-state index is -0.289. The summed E-state index contributed by atoms with van der Waals surface area (Å²) in [5.41, 5.74) is 1.97. The number of carbonyl (C=O) groups is 2. The van der Waals surface area contributed by atoms with Gasteiger partial charge in [-0.3, -0.25) is 9.59 Å². The Bertz CT molecular complexity index is 915. The van der Waals surface area contributed by atoms with Gasteiger partial charge in [0.1, 0.15) is 12.4 Å². The molecule has 0 bridgehead atoms. The van der Waals surface area contributed by atoms with Crippen LogP contribution in [0.5, 0.6) is 5.75 Å². The van der Waals surface area contributed by atoms with Gasteiger partial charge in [0.05, 0.1) is 12.7 Å². The zero-order valence-corrected chi connectivity index (χ0v) is 20.1. The number of nitrogens with one attached hydrogen (secondary N) is 2. The lowest BCUT2D eigenvalue weighted by Gasteiger charge is -2.13. The molecule has 1 fully saturated rings. The molecule has 0 aliphatic carbocycles. The van der Waals surface area contributed by atoms with Crippen molar-refractivity contribution in [2.75, 3.05) is 25.1 Å². The molecule has 0 saturated carbocycles. The Kier molecular flexibility index (Phi) is 10.8. The van der Waals surface area contributed by atoms with Crippen LogP contribution in [0.3, 0.4) is 0 Å². The van der Waals surface area contributed by atoms with Crippen molar-refractivity contribution in [1.82, 2.24) is 5.32 Å². The van der Waals surface area contributed by atoms with Gasteiger partial charge in [0.15, 0.2) is 5.11 Å². The van der Waals surface area contributed by atoms with Crippen LogP contribution in [0.25, 0.3) is 0 Å². The second-order valence-corrected chi connectivity index (χ2v) is 8.54. The summed E-state index contributed by atoms with van der Waals surface area (Å²) in [6.45, 7) is 1.73. The number of benzene rings is 2. The van der Waals surface area contributed by atoms with Crippen LogP contribution in [0.4, 0.5) is 5.69 Å². The molecule has 2 aromatic rings. The van der Waals surface area contributed by atoms with Gasteiger partial charge in [-0.15, -0.1) is 0 Å². The van der Waals surface area contributed by atoms with E-state index in [9.17, 15) is 9.59 Å². The molecule has 1 aliphatic rings. The highest BCUT2D eigenvalue weighted by Crippen LogP contribution is 2.18. The largest absolute Gasteiger partial charge is 0.491 e. The van der Waals surface area contributed by atoms with Crippen molar-refractivity contribution in [3.63, 3.8) is 0 Å². The normalized spacial score (nSPS) is 14.9. The molecule has 34 heavy (non-hydrogen) atoms. The Morgan fingerprint density at radius 1 is 1.03 bits per heavy atom. The number of anilines is 1. The fraction of sp³-hybridized carbons (Fsp3) is 0.423. The van der Waals surface area contributed by atoms with Gasteiger partial charge in [-0.05, 0) is 74.2 Å². The van der Waals surface area contributed by atoms with Gasteiger partial charge in [-0.25, -0.2) is 0 Å². The van der Waals surface area contributed by atoms with Crippen molar-refractivity contribution in [3.05, 3.63) is 60.2 Å². The highest BCUT2D eigenvalue weighted by atomic mass is 32.1. The van der Waals surface area contributed by atoms with E-state index in [-0.39, 0.29) is 35.9 Å². The highest BCUT2D eigenvalue weighted by molar-refractivity contribution is 7.80. The molecule has 2 aromatic carbocycles. The maximum absolute atomic E-state index is 12.1. The zero-order valence-electron chi connectivity index (χ0n) is 19.3. The van der Waals surface area contributed by atoms with Gasteiger partial charge in [0.2, 0.25) is 5.91 Å². The minimum absolute atomic E-state index is 0.169. The molecule has 1 amide bonds. The van der Waals surface area contributed by atoms with Crippen LogP contribution in [-0.2, 0) is 25.5 Å². The van der Waals surface area contributed by atoms with E-state index >= 15 is 0 Å². The number of hydrogen-bond acceptors (Lipinski definition) is 6. The summed E-state index contributed by atoms with van der Waals surface area (Å²) in [6.07, 6.45) is 4.72. The molecule has 1 heterocycles. The van der Waals surface area contributed by atoms with Gasteiger partial charge in [0, 0.05) is 25.1 Å². The van der Waals surface area contributed by atoms with Crippen LogP contribution in [0.15, 0.2) is 54.6 Å². The summed E-state index contributed by atoms with van der Waals surface area (Å²) in [5.74, 6) is 0.220. The van der Waals surface area contributed by atoms with Crippen LogP contribution in [0.2, 0.25) is 0 Å². The molecule has 3 rings (SSSR count). The molecule has 1 atom stereocenters. The quantitative estimate of drug-likeness (QED) is 0.262. The second kappa shape index (κ2) is 14.3. The van der Waals surface area contributed by atoms with Crippen LogP contribution in [-0.4, -0.2) is 42.9 Å². The smallest absolute Gasteiger partial charge is 0.305 e. The predicted molar refractivity (Wildman–Crippen MR) is 135 cm³/mol. The highest BCUT2D eigenvalue weighted by Gasteiger charge is 2.16. The Morgan fingerprint density at radius 2 is 1.82 bits per heavy atom. The van der Waals surface area contributed by atoms with Gasteiger partial charge in [-0.1, -0.05) is 30.3 Å². The Balaban J connectivity index is 1.23. The molecule has 0 aromatic heterocycles. The Morgan fingerprint density at radius 3 is 2.56 bits per heavy atom. The average molecular weight is 485 g/mol. The van der Waals surface area contributed by atoms with E-state index in [1.165, 1.54) is 5.56 Å². The summed E-state index contributed by atoms with van der Waals surface area (Å²) in [6, 6.07) is 17.4. The van der Waals surface area contributed by atoms with Gasteiger partial charge < -0.3 is 24.8 Å². The lowest BCUT2D eigenvalue weighted by atomic mass is 10.1. The summed E-state index contributed by atoms with van der Waals surface area (Å²) in [4.78, 5) is 23.9. The maximum Gasteiger partial charge on any atom is 0.305 e. The van der Waals surface area contributed by atoms with E-state index in [4.69, 9.17) is 26.4 Å². The van der Waals surface area contributed by atoms with Gasteiger partial charge in [0.25, 0.3) is 0 Å². The average Bonchev–Trinajstić information content (AvgIpc) is 3.36. The first-order chi connectivity index (χ1) is 16.6. The molecule has 8 heteroatoms. The Labute approximate surface area is 206 Å². The lowest BCUT2D eigenvalue weighted by molar-refractivity contribution is -0.143. The van der Waals surface area contributed by atoms with Crippen LogP contribution >= 0.6 is 12.2 Å². The Hall–Kier alpha value is -2.97. The topological polar surface area (TPSA) is 85.9 Å². The van der Waals surface area contributed by atoms with Crippen molar-refractivity contribution in [1.29, 1.82) is 0 Å². The third-order valence-corrected chi connectivity index (χ3v) is 5.53. The fourth-order valence-corrected chi connectivity index (χ4v) is 3.76. The molecule has 0 radical (unpaired) electrons. The summed E-state index contributed by atoms with van der Waals surface area (Å²) in [7, 11) is 0. The van der Waals surface area contributed by atoms with E-state index in [0.717, 1.165) is 43.7 Å². The number of esters is 1. The van der Waals surface area contributed by atoms with E-state index in [1.54, 1.807) is 0 Å². The number of hydrogen-bond donors (Lipinski definition) is 2. The van der Waals surface area contributed by atoms with Crippen LogP contribution < -0.4 is 15.4 Å². The number of amides is 1. The second-order valence-electron chi connectivity index (χ2n) is 8.14. The summed E-state index contributed by atoms with van der Waals surface area (Å²) in [5, 5.41) is 5.81. The van der Waals surface area contributed by atoms with Crippen molar-refractivity contribution in [3.8, 4) is 5.75 Å². The number of thiocarbonyl (C=S) groups is 1. The fourth-order valence-electron chi connectivity index (χ4n) is 3.52. The third-order valence-electron chi connectivity index (χ3n) is 5.33. The first-order valence-corrected chi connectivity index (χ1v) is 12.1. The lowest BCUT2D eigenvalue weighted by Crippen LogP contribution is -2.34. The number of ether oxygens (including phenoxy) is 3. The van der Waals surface area contributed by atoms with E-state index in [1.807, 2.05) is 42.5 Å². The molecule has 2 N–H and O–H groups in total. The number of carbonyl (C=O) groups excluding carboxylic acids is 2. The van der Waals surface area contributed by atoms with Gasteiger partial charge >= 0.3 is 5.97 Å². The molecule has 7 nitrogen and oxygen atoms in total. The summed E-state index contributed by atoms with van der Waals surface area (Å²) >= 11 is 5.20. The van der Waals surface area contributed by atoms with E-state index < -0.39 is 0 Å². The molecular formula is C26H32N2O5S. The number of aryl methyl sites for hydroxylation is 1. The molecule has 1 aliphatic heterocycles. The van der Waals surface area contributed by atoms with Crippen molar-refractivity contribution < 1.29 is 23.8 Å². The van der Waals surface area contributed by atoms with Gasteiger partial charge in [-0.2, -0.15) is 0 Å². The zero-order chi connectivity index (χ0) is 24.0. The SMILES string of the molecule is O=C(CCCC(=O)OCCCc1ccccc1)NC(=S)Nc1ccc(OCC2CCCO2)cc1. The maximum atomic E-state index is 12.1. The van der Waals surface area contributed by atoms with E-state index in [2.05, 4.69) is 22.8 Å². The monoisotopic (exact) mass is 484 g/mol. The standard InChI is InChI=1S/C26H32N2O5S/c29-24(11-4-12-25(30)32-18-5-9-20-7-2-1-3-8-20)28-26(34)27-21-13-15-22(16-14-21)33-19-23-10-6-17-31-23/h1-3,7-8,13-16,23H,4-6,9-12,17-19H2,(H2,27,28,29,34). The van der Waals surface area contributed by atoms with Crippen molar-refractivity contribution in [2.24, 2.45) is 0 Å². The molecular weight excluding hydrogens is 452 g/mol. The molecule has 0 spiro atoms. The number of rotatable bonds is 12.